The first-order chi connectivity index (χ1) is 17.3. The van der Waals surface area contributed by atoms with E-state index in [1.54, 1.807) is 24.3 Å². The zero-order chi connectivity index (χ0) is 25.1. The molecular formula is C29H18BrF2NO3. The first kappa shape index (κ1) is 22.8. The van der Waals surface area contributed by atoms with Gasteiger partial charge in [0.25, 0.3) is 5.69 Å². The van der Waals surface area contributed by atoms with Crippen molar-refractivity contribution in [2.24, 2.45) is 0 Å². The van der Waals surface area contributed by atoms with Crippen LogP contribution >= 0.6 is 15.9 Å². The van der Waals surface area contributed by atoms with Crippen LogP contribution in [0.25, 0.3) is 5.57 Å². The Morgan fingerprint density at radius 3 is 1.69 bits per heavy atom. The molecule has 4 aromatic carbocycles. The summed E-state index contributed by atoms with van der Waals surface area (Å²) in [5, 5.41) is 11.3. The van der Waals surface area contributed by atoms with E-state index in [0.29, 0.717) is 22.3 Å². The van der Waals surface area contributed by atoms with Crippen molar-refractivity contribution in [2.45, 2.75) is 16.0 Å². The maximum atomic E-state index is 15.8. The predicted molar refractivity (Wildman–Crippen MR) is 136 cm³/mol. The normalized spacial score (nSPS) is 22.5. The molecule has 2 heterocycles. The van der Waals surface area contributed by atoms with Crippen molar-refractivity contribution >= 4 is 27.2 Å². The number of rotatable bonds is 5. The highest BCUT2D eigenvalue weighted by molar-refractivity contribution is 9.10. The van der Waals surface area contributed by atoms with Crippen LogP contribution in [-0.4, -0.2) is 9.76 Å². The van der Waals surface area contributed by atoms with Gasteiger partial charge < -0.3 is 4.74 Å². The number of nitro groups is 1. The summed E-state index contributed by atoms with van der Waals surface area (Å²) in [6, 6.07) is 31.4. The van der Waals surface area contributed by atoms with E-state index < -0.39 is 21.0 Å². The fraction of sp³-hybridized carbons (Fsp3) is 0.103. The molecule has 2 aliphatic rings. The van der Waals surface area contributed by atoms with E-state index in [0.717, 1.165) is 5.56 Å². The van der Waals surface area contributed by atoms with E-state index in [2.05, 4.69) is 15.9 Å². The van der Waals surface area contributed by atoms with Crippen LogP contribution in [0.15, 0.2) is 115 Å². The van der Waals surface area contributed by atoms with Crippen molar-refractivity contribution in [1.29, 1.82) is 0 Å². The molecule has 36 heavy (non-hydrogen) atoms. The highest BCUT2D eigenvalue weighted by Crippen LogP contribution is 2.71. The summed E-state index contributed by atoms with van der Waals surface area (Å²) in [6.45, 7) is 0. The Bertz CT molecular complexity index is 1520. The quantitative estimate of drug-likeness (QED) is 0.147. The van der Waals surface area contributed by atoms with Gasteiger partial charge in [-0.2, -0.15) is 8.78 Å². The average molecular weight is 546 g/mol. The van der Waals surface area contributed by atoms with Crippen molar-refractivity contribution in [2.75, 3.05) is 0 Å². The van der Waals surface area contributed by atoms with Gasteiger partial charge >= 0.3 is 4.83 Å². The maximum Gasteiger partial charge on any atom is 0.326 e. The summed E-state index contributed by atoms with van der Waals surface area (Å²) < 4.78 is 38.6. The highest BCUT2D eigenvalue weighted by Gasteiger charge is 2.69. The molecule has 0 saturated carbocycles. The van der Waals surface area contributed by atoms with Crippen LogP contribution < -0.4 is 0 Å². The molecule has 0 saturated heterocycles. The van der Waals surface area contributed by atoms with E-state index >= 15 is 8.78 Å². The summed E-state index contributed by atoms with van der Waals surface area (Å²) in [4.78, 5) is 7.35. The van der Waals surface area contributed by atoms with Crippen LogP contribution in [0.2, 0.25) is 0 Å². The number of halogens is 3. The van der Waals surface area contributed by atoms with E-state index in [1.165, 1.54) is 24.3 Å². The van der Waals surface area contributed by atoms with E-state index in [9.17, 15) is 10.1 Å². The summed E-state index contributed by atoms with van der Waals surface area (Å²) in [7, 11) is 0. The van der Waals surface area contributed by atoms with Crippen molar-refractivity contribution in [3.8, 4) is 0 Å². The monoisotopic (exact) mass is 545 g/mol. The molecule has 4 aromatic rings. The number of benzene rings is 4. The lowest BCUT2D eigenvalue weighted by atomic mass is 9.66. The smallest absolute Gasteiger partial charge is 0.326 e. The molecule has 0 spiro atoms. The molecular weight excluding hydrogens is 528 g/mol. The molecule has 0 radical (unpaired) electrons. The molecule has 2 aliphatic heterocycles. The lowest BCUT2D eigenvalue weighted by molar-refractivity contribution is -0.384. The van der Waals surface area contributed by atoms with Crippen LogP contribution in [0, 0.1) is 10.1 Å². The molecule has 0 aromatic heterocycles. The van der Waals surface area contributed by atoms with Gasteiger partial charge in [-0.3, -0.25) is 10.1 Å². The fourth-order valence-electron chi connectivity index (χ4n) is 5.66. The molecule has 2 atom stereocenters. The van der Waals surface area contributed by atoms with Gasteiger partial charge in [0.2, 0.25) is 0 Å². The number of ether oxygens (including phenoxy) is 1. The SMILES string of the molecule is O=[N+]([O-])c1ccc(C2=C(C(F)(F)Br)C3(c4ccccc4)OC2(c2ccccc2)c2ccccc23)cc1. The number of alkyl halides is 3. The largest absolute Gasteiger partial charge is 0.340 e. The molecule has 178 valence electrons. The first-order valence-electron chi connectivity index (χ1n) is 11.3. The summed E-state index contributed by atoms with van der Waals surface area (Å²) in [5.74, 6) is 0. The molecule has 2 bridgehead atoms. The number of hydrogen-bond donors (Lipinski definition) is 0. The van der Waals surface area contributed by atoms with Gasteiger partial charge in [-0.05, 0) is 55.9 Å². The molecule has 0 fully saturated rings. The highest BCUT2D eigenvalue weighted by atomic mass is 79.9. The number of nitro benzene ring substituents is 1. The third-order valence-electron chi connectivity index (χ3n) is 6.96. The zero-order valence-corrected chi connectivity index (χ0v) is 20.3. The van der Waals surface area contributed by atoms with Crippen LogP contribution in [0.5, 0.6) is 0 Å². The Kier molecular flexibility index (Phi) is 5.00. The Hall–Kier alpha value is -3.68. The Labute approximate surface area is 214 Å². The summed E-state index contributed by atoms with van der Waals surface area (Å²) in [5.41, 5.74) is 0.0400. The zero-order valence-electron chi connectivity index (χ0n) is 18.7. The summed E-state index contributed by atoms with van der Waals surface area (Å²) in [6.07, 6.45) is 0. The van der Waals surface area contributed by atoms with Gasteiger partial charge in [0.05, 0.1) is 10.5 Å². The van der Waals surface area contributed by atoms with Crippen LogP contribution in [0.4, 0.5) is 14.5 Å². The van der Waals surface area contributed by atoms with Gasteiger partial charge in [0, 0.05) is 17.7 Å². The van der Waals surface area contributed by atoms with Crippen molar-refractivity contribution in [3.63, 3.8) is 0 Å². The second-order valence-electron chi connectivity index (χ2n) is 8.79. The van der Waals surface area contributed by atoms with Crippen molar-refractivity contribution < 1.29 is 18.4 Å². The first-order valence-corrected chi connectivity index (χ1v) is 12.1. The van der Waals surface area contributed by atoms with Crippen molar-refractivity contribution in [1.82, 2.24) is 0 Å². The van der Waals surface area contributed by atoms with Crippen LogP contribution in [0.3, 0.4) is 0 Å². The maximum absolute atomic E-state index is 15.8. The van der Waals surface area contributed by atoms with E-state index in [1.807, 2.05) is 60.7 Å². The number of nitrogens with zero attached hydrogens (tertiary/aromatic N) is 1. The number of non-ortho nitro benzene ring substituents is 1. The second-order valence-corrected chi connectivity index (χ2v) is 9.79. The number of fused-ring (bicyclic) bond motifs is 5. The molecule has 7 heteroatoms. The Balaban J connectivity index is 1.79. The molecule has 2 unspecified atom stereocenters. The summed E-state index contributed by atoms with van der Waals surface area (Å²) >= 11 is 2.68. The second kappa shape index (κ2) is 7.91. The molecule has 0 aliphatic carbocycles. The minimum absolute atomic E-state index is 0.123. The third kappa shape index (κ3) is 2.99. The Morgan fingerprint density at radius 2 is 1.19 bits per heavy atom. The average Bonchev–Trinajstić information content (AvgIpc) is 3.40. The van der Waals surface area contributed by atoms with Crippen LogP contribution in [0.1, 0.15) is 27.8 Å². The standard InChI is InChI=1S/C29H18BrF2NO3/c30-29(31,32)26-25(19-15-17-22(18-16-19)33(34)35)27(20-9-3-1-4-10-20)23-13-7-8-14-24(23)28(26,36-27)21-11-5-2-6-12-21/h1-18H. The number of hydrogen-bond acceptors (Lipinski definition) is 3. The van der Waals surface area contributed by atoms with Gasteiger partial charge in [0.15, 0.2) is 0 Å². The fourth-order valence-corrected chi connectivity index (χ4v) is 6.14. The van der Waals surface area contributed by atoms with Crippen LogP contribution in [-0.2, 0) is 15.9 Å². The van der Waals surface area contributed by atoms with Gasteiger partial charge in [-0.25, -0.2) is 0 Å². The van der Waals surface area contributed by atoms with Gasteiger partial charge in [0.1, 0.15) is 11.2 Å². The molecule has 4 nitrogen and oxygen atoms in total. The topological polar surface area (TPSA) is 52.4 Å². The van der Waals surface area contributed by atoms with Crippen molar-refractivity contribution in [3.05, 3.63) is 153 Å². The lowest BCUT2D eigenvalue weighted by Gasteiger charge is -2.34. The minimum Gasteiger partial charge on any atom is -0.340 e. The molecule has 0 N–H and O–H groups in total. The van der Waals surface area contributed by atoms with Gasteiger partial charge in [-0.15, -0.1) is 0 Å². The predicted octanol–water partition coefficient (Wildman–Crippen LogP) is 7.57. The van der Waals surface area contributed by atoms with Gasteiger partial charge in [-0.1, -0.05) is 84.9 Å². The molecule has 6 rings (SSSR count). The van der Waals surface area contributed by atoms with E-state index in [-0.39, 0.29) is 16.8 Å². The Morgan fingerprint density at radius 1 is 0.722 bits per heavy atom. The lowest BCUT2D eigenvalue weighted by Crippen LogP contribution is -2.35. The molecule has 0 amide bonds. The third-order valence-corrected chi connectivity index (χ3v) is 7.35. The van der Waals surface area contributed by atoms with E-state index in [4.69, 9.17) is 4.74 Å². The minimum atomic E-state index is -3.45.